The highest BCUT2D eigenvalue weighted by Crippen LogP contribution is 2.20. The number of ketones is 1. The van der Waals surface area contributed by atoms with Crippen LogP contribution in [0, 0.1) is 6.92 Å². The second-order valence-electron chi connectivity index (χ2n) is 6.28. The molecule has 0 amide bonds. The Hall–Kier alpha value is -3.85. The van der Waals surface area contributed by atoms with Crippen molar-refractivity contribution in [2.45, 2.75) is 13.2 Å². The van der Waals surface area contributed by atoms with Crippen LogP contribution in [0.25, 0.3) is 5.69 Å². The van der Waals surface area contributed by atoms with Crippen LogP contribution in [0.2, 0.25) is 5.02 Å². The third-order valence-corrected chi connectivity index (χ3v) is 4.59. The van der Waals surface area contributed by atoms with E-state index in [9.17, 15) is 9.59 Å². The smallest absolute Gasteiger partial charge is 0.363 e. The number of esters is 1. The molecule has 0 spiro atoms. The van der Waals surface area contributed by atoms with Crippen LogP contribution in [0.5, 0.6) is 0 Å². The maximum atomic E-state index is 12.9. The number of nitrogens with zero attached hydrogens (tertiary/aromatic N) is 6. The lowest BCUT2D eigenvalue weighted by Gasteiger charge is -2.16. The van der Waals surface area contributed by atoms with Gasteiger partial charge < -0.3 is 4.74 Å². The summed E-state index contributed by atoms with van der Waals surface area (Å²) in [5.74, 6) is -1.25. The van der Waals surface area contributed by atoms with E-state index in [4.69, 9.17) is 16.3 Å². The van der Waals surface area contributed by atoms with E-state index < -0.39 is 18.0 Å². The SMILES string of the molecule is Cc1c(C(=O)O[C@H](C(=O)c2ccccc2)n2cncn2)nnn1-c1ccc(Cl)cc1. The van der Waals surface area contributed by atoms with Crippen molar-refractivity contribution in [3.63, 3.8) is 0 Å². The predicted octanol–water partition coefficient (Wildman–Crippen LogP) is 3.06. The number of rotatable bonds is 6. The zero-order valence-corrected chi connectivity index (χ0v) is 16.5. The Kier molecular flexibility index (Phi) is 5.36. The fourth-order valence-electron chi connectivity index (χ4n) is 2.81. The first-order valence-corrected chi connectivity index (χ1v) is 9.25. The highest BCUT2D eigenvalue weighted by Gasteiger charge is 2.29. The minimum absolute atomic E-state index is 0.0177. The molecule has 0 unspecified atom stereocenters. The van der Waals surface area contributed by atoms with Gasteiger partial charge in [0.25, 0.3) is 6.23 Å². The van der Waals surface area contributed by atoms with Crippen LogP contribution < -0.4 is 0 Å². The lowest BCUT2D eigenvalue weighted by atomic mass is 10.1. The molecule has 0 aliphatic carbocycles. The minimum atomic E-state index is -1.33. The van der Waals surface area contributed by atoms with Crippen molar-refractivity contribution >= 4 is 23.4 Å². The van der Waals surface area contributed by atoms with E-state index in [1.165, 1.54) is 22.0 Å². The molecule has 0 saturated heterocycles. The predicted molar refractivity (Wildman–Crippen MR) is 106 cm³/mol. The molecular formula is C20H15ClN6O3. The average Bonchev–Trinajstić information content (AvgIpc) is 3.43. The number of hydrogen-bond donors (Lipinski definition) is 0. The molecule has 2 heterocycles. The van der Waals surface area contributed by atoms with Crippen molar-refractivity contribution in [1.29, 1.82) is 0 Å². The van der Waals surface area contributed by atoms with E-state index in [1.54, 1.807) is 61.5 Å². The van der Waals surface area contributed by atoms with Gasteiger partial charge in [-0.1, -0.05) is 47.1 Å². The summed E-state index contributed by atoms with van der Waals surface area (Å²) in [5, 5.41) is 12.5. The van der Waals surface area contributed by atoms with Crippen molar-refractivity contribution in [3.05, 3.63) is 89.2 Å². The molecule has 0 N–H and O–H groups in total. The number of carbonyl (C=O) groups excluding carboxylic acids is 2. The summed E-state index contributed by atoms with van der Waals surface area (Å²) < 4.78 is 8.14. The fourth-order valence-corrected chi connectivity index (χ4v) is 2.94. The maximum absolute atomic E-state index is 12.9. The molecule has 0 bridgehead atoms. The van der Waals surface area contributed by atoms with Gasteiger partial charge in [0.1, 0.15) is 12.7 Å². The molecule has 9 nitrogen and oxygen atoms in total. The van der Waals surface area contributed by atoms with E-state index in [-0.39, 0.29) is 5.69 Å². The molecule has 10 heteroatoms. The van der Waals surface area contributed by atoms with Gasteiger partial charge in [0.05, 0.1) is 11.4 Å². The number of hydrogen-bond acceptors (Lipinski definition) is 7. The highest BCUT2D eigenvalue weighted by molar-refractivity contribution is 6.30. The van der Waals surface area contributed by atoms with E-state index in [1.807, 2.05) is 0 Å². The number of Topliss-reactive ketones (excluding diaryl/α,β-unsaturated/α-hetero) is 1. The summed E-state index contributed by atoms with van der Waals surface area (Å²) in [4.78, 5) is 29.6. The first kappa shape index (κ1) is 19.5. The average molecular weight is 423 g/mol. The topological polar surface area (TPSA) is 105 Å². The minimum Gasteiger partial charge on any atom is -0.427 e. The van der Waals surface area contributed by atoms with Crippen LogP contribution in [0.1, 0.15) is 32.8 Å². The molecule has 0 radical (unpaired) electrons. The number of ether oxygens (including phenoxy) is 1. The summed E-state index contributed by atoms with van der Waals surface area (Å²) >= 11 is 5.92. The molecule has 1 atom stereocenters. The lowest BCUT2D eigenvalue weighted by Crippen LogP contribution is -2.26. The number of aromatic nitrogens is 6. The van der Waals surface area contributed by atoms with E-state index >= 15 is 0 Å². The highest BCUT2D eigenvalue weighted by atomic mass is 35.5. The molecule has 0 saturated carbocycles. The van der Waals surface area contributed by atoms with Crippen LogP contribution in [0.3, 0.4) is 0 Å². The van der Waals surface area contributed by atoms with E-state index in [2.05, 4.69) is 20.4 Å². The van der Waals surface area contributed by atoms with Crippen LogP contribution in [0.4, 0.5) is 0 Å². The molecule has 0 fully saturated rings. The van der Waals surface area contributed by atoms with Gasteiger partial charge in [0.2, 0.25) is 5.78 Å². The molecule has 0 aliphatic heterocycles. The maximum Gasteiger partial charge on any atom is 0.363 e. The molecule has 30 heavy (non-hydrogen) atoms. The Labute approximate surface area is 175 Å². The van der Waals surface area contributed by atoms with Crippen LogP contribution in [0.15, 0.2) is 67.3 Å². The molecule has 4 aromatic rings. The summed E-state index contributed by atoms with van der Waals surface area (Å²) in [6.45, 7) is 1.68. The largest absolute Gasteiger partial charge is 0.427 e. The van der Waals surface area contributed by atoms with Crippen molar-refractivity contribution in [3.8, 4) is 5.69 Å². The van der Waals surface area contributed by atoms with Crippen LogP contribution in [-0.4, -0.2) is 41.5 Å². The third-order valence-electron chi connectivity index (χ3n) is 4.34. The van der Waals surface area contributed by atoms with Crippen molar-refractivity contribution in [1.82, 2.24) is 29.8 Å². The molecule has 0 aliphatic rings. The Morgan fingerprint density at radius 3 is 2.47 bits per heavy atom. The van der Waals surface area contributed by atoms with Gasteiger partial charge in [-0.25, -0.2) is 19.1 Å². The van der Waals surface area contributed by atoms with Crippen molar-refractivity contribution in [2.75, 3.05) is 0 Å². The normalized spacial score (nSPS) is 11.8. The summed E-state index contributed by atoms with van der Waals surface area (Å²) in [5.41, 5.74) is 1.48. The van der Waals surface area contributed by atoms with Crippen molar-refractivity contribution < 1.29 is 14.3 Å². The van der Waals surface area contributed by atoms with Crippen LogP contribution >= 0.6 is 11.6 Å². The number of halogens is 1. The van der Waals surface area contributed by atoms with Gasteiger partial charge in [-0.05, 0) is 31.2 Å². The second-order valence-corrected chi connectivity index (χ2v) is 6.71. The molecular weight excluding hydrogens is 408 g/mol. The number of benzene rings is 2. The van der Waals surface area contributed by atoms with E-state index in [0.717, 1.165) is 0 Å². The standard InChI is InChI=1S/C20H15ClN6O3/c1-13-17(24-25-27(13)16-9-7-15(21)8-10-16)20(29)30-19(26-12-22-11-23-26)18(28)14-5-3-2-4-6-14/h2-12,19H,1H3/t19-/m1/s1. The van der Waals surface area contributed by atoms with Crippen molar-refractivity contribution in [2.24, 2.45) is 0 Å². The molecule has 150 valence electrons. The Bertz CT molecular complexity index is 1170. The van der Waals surface area contributed by atoms with Gasteiger partial charge in [-0.15, -0.1) is 5.10 Å². The van der Waals surface area contributed by atoms with Gasteiger partial charge in [-0.2, -0.15) is 5.10 Å². The summed E-state index contributed by atoms with van der Waals surface area (Å²) in [6, 6.07) is 15.4. The number of carbonyl (C=O) groups is 2. The first-order chi connectivity index (χ1) is 14.5. The summed E-state index contributed by atoms with van der Waals surface area (Å²) in [6.07, 6.45) is 1.22. The second kappa shape index (κ2) is 8.26. The van der Waals surface area contributed by atoms with Gasteiger partial charge in [-0.3, -0.25) is 4.79 Å². The Morgan fingerprint density at radius 2 is 1.80 bits per heavy atom. The first-order valence-electron chi connectivity index (χ1n) is 8.87. The zero-order chi connectivity index (χ0) is 21.1. The quantitative estimate of drug-likeness (QED) is 0.347. The van der Waals surface area contributed by atoms with Gasteiger partial charge in [0, 0.05) is 10.6 Å². The molecule has 4 rings (SSSR count). The third kappa shape index (κ3) is 3.83. The summed E-state index contributed by atoms with van der Waals surface area (Å²) in [7, 11) is 0. The Balaban J connectivity index is 1.62. The van der Waals surface area contributed by atoms with E-state index in [0.29, 0.717) is 22.0 Å². The Morgan fingerprint density at radius 1 is 1.07 bits per heavy atom. The molecule has 2 aromatic heterocycles. The zero-order valence-electron chi connectivity index (χ0n) is 15.7. The van der Waals surface area contributed by atoms with Crippen LogP contribution in [-0.2, 0) is 4.74 Å². The van der Waals surface area contributed by atoms with Gasteiger partial charge >= 0.3 is 5.97 Å². The fraction of sp³-hybridized carbons (Fsp3) is 0.100. The molecule has 2 aromatic carbocycles. The monoisotopic (exact) mass is 422 g/mol. The van der Waals surface area contributed by atoms with Gasteiger partial charge in [0.15, 0.2) is 5.69 Å². The lowest BCUT2D eigenvalue weighted by molar-refractivity contribution is 0.00738.